The molecule has 252 valence electrons. The van der Waals surface area contributed by atoms with E-state index in [0.29, 0.717) is 36.0 Å². The highest BCUT2D eigenvalue weighted by Crippen LogP contribution is 2.34. The number of benzene rings is 1. The van der Waals surface area contributed by atoms with Crippen LogP contribution in [0.15, 0.2) is 29.3 Å². The van der Waals surface area contributed by atoms with Crippen LogP contribution < -0.4 is 5.73 Å². The summed E-state index contributed by atoms with van der Waals surface area (Å²) in [5, 5.41) is 9.69. The number of aliphatic imine (C=N–C) groups is 1. The number of guanidine groups is 2. The number of hydrogen-bond donors (Lipinski definition) is 2. The summed E-state index contributed by atoms with van der Waals surface area (Å²) in [6.07, 6.45) is 15.4. The molecule has 3 aliphatic heterocycles. The van der Waals surface area contributed by atoms with Crippen molar-refractivity contribution in [1.82, 2.24) is 19.6 Å². The van der Waals surface area contributed by atoms with Gasteiger partial charge in [-0.15, -0.1) is 0 Å². The van der Waals surface area contributed by atoms with Gasteiger partial charge in [-0.1, -0.05) is 96.9 Å². The summed E-state index contributed by atoms with van der Waals surface area (Å²) in [7, 11) is 0. The van der Waals surface area contributed by atoms with Crippen molar-refractivity contribution in [3.63, 3.8) is 0 Å². The van der Waals surface area contributed by atoms with Crippen LogP contribution in [0.2, 0.25) is 0 Å². The molecular formula is C38H65N7. The van der Waals surface area contributed by atoms with Gasteiger partial charge in [-0.2, -0.15) is 0 Å². The largest absolute Gasteiger partial charge is 0.370 e. The quantitative estimate of drug-likeness (QED) is 0.223. The van der Waals surface area contributed by atoms with E-state index in [1.54, 1.807) is 0 Å². The smallest absolute Gasteiger partial charge is 0.194 e. The lowest BCUT2D eigenvalue weighted by atomic mass is 9.84. The van der Waals surface area contributed by atoms with Crippen LogP contribution in [0.25, 0.3) is 0 Å². The number of nitrogens with two attached hydrogens (primary N) is 1. The molecule has 1 aromatic rings. The first kappa shape index (κ1) is 34.1. The van der Waals surface area contributed by atoms with Crippen LogP contribution in [0.1, 0.15) is 122 Å². The van der Waals surface area contributed by atoms with E-state index in [9.17, 15) is 5.41 Å². The third kappa shape index (κ3) is 8.75. The van der Waals surface area contributed by atoms with Crippen molar-refractivity contribution < 1.29 is 0 Å². The summed E-state index contributed by atoms with van der Waals surface area (Å²) in [6.45, 7) is 17.5. The van der Waals surface area contributed by atoms with Crippen molar-refractivity contribution in [2.75, 3.05) is 39.3 Å². The minimum absolute atomic E-state index is 0.400. The van der Waals surface area contributed by atoms with Crippen LogP contribution in [0.4, 0.5) is 0 Å². The second-order valence-corrected chi connectivity index (χ2v) is 15.5. The number of likely N-dealkylation sites (tertiary alicyclic amines) is 1. The molecule has 1 aliphatic carbocycles. The number of unbranched alkanes of at least 4 members (excludes halogenated alkanes) is 1. The lowest BCUT2D eigenvalue weighted by molar-refractivity contribution is 0.139. The first-order chi connectivity index (χ1) is 21.7. The van der Waals surface area contributed by atoms with Crippen molar-refractivity contribution in [1.29, 1.82) is 5.41 Å². The molecule has 3 N–H and O–H groups in total. The first-order valence-corrected chi connectivity index (χ1v) is 18.7. The Morgan fingerprint density at radius 3 is 2.38 bits per heavy atom. The molecule has 5 rings (SSSR count). The first-order valence-electron chi connectivity index (χ1n) is 18.7. The van der Waals surface area contributed by atoms with Crippen LogP contribution in [0.5, 0.6) is 0 Å². The van der Waals surface area contributed by atoms with Gasteiger partial charge in [-0.05, 0) is 74.5 Å². The van der Waals surface area contributed by atoms with E-state index in [1.165, 1.54) is 88.3 Å². The molecule has 0 radical (unpaired) electrons. The molecule has 5 atom stereocenters. The molecule has 7 nitrogen and oxygen atoms in total. The molecular weight excluding hydrogens is 554 g/mol. The van der Waals surface area contributed by atoms with E-state index in [2.05, 4.69) is 83.5 Å². The minimum Gasteiger partial charge on any atom is -0.370 e. The van der Waals surface area contributed by atoms with Gasteiger partial charge >= 0.3 is 0 Å². The van der Waals surface area contributed by atoms with Crippen LogP contribution in [-0.2, 0) is 6.42 Å². The third-order valence-electron chi connectivity index (χ3n) is 11.4. The van der Waals surface area contributed by atoms with E-state index >= 15 is 0 Å². The van der Waals surface area contributed by atoms with Crippen molar-refractivity contribution >= 4 is 11.9 Å². The summed E-state index contributed by atoms with van der Waals surface area (Å²) < 4.78 is 0. The summed E-state index contributed by atoms with van der Waals surface area (Å²) in [5.74, 6) is 3.40. The molecule has 3 heterocycles. The van der Waals surface area contributed by atoms with Gasteiger partial charge in [0, 0.05) is 50.3 Å². The van der Waals surface area contributed by atoms with Gasteiger partial charge in [-0.3, -0.25) is 15.3 Å². The van der Waals surface area contributed by atoms with Gasteiger partial charge in [0.2, 0.25) is 0 Å². The maximum Gasteiger partial charge on any atom is 0.194 e. The minimum atomic E-state index is 0.400. The van der Waals surface area contributed by atoms with Crippen LogP contribution in [0.3, 0.4) is 0 Å². The second-order valence-electron chi connectivity index (χ2n) is 15.5. The fourth-order valence-electron chi connectivity index (χ4n) is 8.71. The van der Waals surface area contributed by atoms with Gasteiger partial charge in [0.25, 0.3) is 0 Å². The van der Waals surface area contributed by atoms with Gasteiger partial charge in [0.15, 0.2) is 11.9 Å². The van der Waals surface area contributed by atoms with Crippen LogP contribution in [0, 0.1) is 17.2 Å². The lowest BCUT2D eigenvalue weighted by Gasteiger charge is -2.39. The normalized spacial score (nSPS) is 26.4. The lowest BCUT2D eigenvalue weighted by Crippen LogP contribution is -2.52. The molecule has 1 saturated carbocycles. The molecule has 7 heteroatoms. The Morgan fingerprint density at radius 2 is 1.71 bits per heavy atom. The van der Waals surface area contributed by atoms with Crippen LogP contribution in [-0.4, -0.2) is 95.0 Å². The average Bonchev–Trinajstić information content (AvgIpc) is 3.70. The van der Waals surface area contributed by atoms with Crippen molar-refractivity contribution in [2.45, 2.75) is 142 Å². The molecule has 0 bridgehead atoms. The number of rotatable bonds is 15. The van der Waals surface area contributed by atoms with E-state index < -0.39 is 0 Å². The summed E-state index contributed by atoms with van der Waals surface area (Å²) in [4.78, 5) is 14.7. The SMILES string of the molecule is CCCC[C@@H]1CN([C@H](CC2CCCCC2)CN2CCCC2CN2C(N)=NC[C@@H]2C)C(=N)N1CC(C)c1ccc(CC(C)C)cc1. The van der Waals surface area contributed by atoms with E-state index in [4.69, 9.17) is 5.73 Å². The highest BCUT2D eigenvalue weighted by molar-refractivity contribution is 5.80. The Kier molecular flexibility index (Phi) is 12.1. The molecule has 2 unspecified atom stereocenters. The van der Waals surface area contributed by atoms with Crippen molar-refractivity contribution in [3.8, 4) is 0 Å². The number of hydrogen-bond acceptors (Lipinski definition) is 5. The molecule has 4 aliphatic rings. The zero-order valence-corrected chi connectivity index (χ0v) is 29.4. The maximum atomic E-state index is 9.69. The highest BCUT2D eigenvalue weighted by Gasteiger charge is 2.41. The van der Waals surface area contributed by atoms with Gasteiger partial charge in [0.05, 0.1) is 6.54 Å². The van der Waals surface area contributed by atoms with Crippen molar-refractivity contribution in [3.05, 3.63) is 35.4 Å². The molecule has 1 aromatic carbocycles. The molecule has 0 spiro atoms. The zero-order valence-electron chi connectivity index (χ0n) is 29.4. The fraction of sp³-hybridized carbons (Fsp3) is 0.789. The van der Waals surface area contributed by atoms with Gasteiger partial charge < -0.3 is 20.4 Å². The molecule has 0 aromatic heterocycles. The molecule has 3 fully saturated rings. The zero-order chi connectivity index (χ0) is 31.9. The van der Waals surface area contributed by atoms with E-state index in [-0.39, 0.29) is 0 Å². The topological polar surface area (TPSA) is 75.2 Å². The Bertz CT molecular complexity index is 1090. The van der Waals surface area contributed by atoms with Crippen molar-refractivity contribution in [2.24, 2.45) is 22.6 Å². The number of nitrogens with one attached hydrogen (secondary N) is 1. The van der Waals surface area contributed by atoms with Crippen LogP contribution >= 0.6 is 0 Å². The molecule has 2 saturated heterocycles. The summed E-state index contributed by atoms with van der Waals surface area (Å²) >= 11 is 0. The molecule has 45 heavy (non-hydrogen) atoms. The Labute approximate surface area is 275 Å². The molecule has 0 amide bonds. The Hall–Kier alpha value is -2.28. The summed E-state index contributed by atoms with van der Waals surface area (Å²) in [6, 6.07) is 11.1. The van der Waals surface area contributed by atoms with E-state index in [0.717, 1.165) is 57.0 Å². The Morgan fingerprint density at radius 1 is 0.956 bits per heavy atom. The van der Waals surface area contributed by atoms with Gasteiger partial charge in [0.1, 0.15) is 0 Å². The average molecular weight is 620 g/mol. The Balaban J connectivity index is 1.31. The fourth-order valence-corrected chi connectivity index (χ4v) is 8.71. The predicted molar refractivity (Wildman–Crippen MR) is 190 cm³/mol. The standard InChI is InChI=1S/C38H65N7/c1-6-7-14-35-27-45(38(40)44(35)24-29(4)33-18-16-32(17-19-33)21-28(2)3)36(22-31-12-9-8-10-13-31)25-42-20-11-15-34(42)26-43-30(5)23-41-37(43)39/h16-19,28-31,34-36,40H,6-15,20-27H2,1-5H3,(H2,39,41)/t29?,30-,34?,35+,36+/m0/s1. The highest BCUT2D eigenvalue weighted by atomic mass is 15.5. The third-order valence-corrected chi connectivity index (χ3v) is 11.4. The second kappa shape index (κ2) is 16.0. The maximum absolute atomic E-state index is 9.69. The number of nitrogens with zero attached hydrogens (tertiary/aromatic N) is 5. The monoisotopic (exact) mass is 620 g/mol. The predicted octanol–water partition coefficient (Wildman–Crippen LogP) is 6.92. The van der Waals surface area contributed by atoms with Gasteiger partial charge in [-0.25, -0.2) is 0 Å². The van der Waals surface area contributed by atoms with E-state index in [1.807, 2.05) is 0 Å². The summed E-state index contributed by atoms with van der Waals surface area (Å²) in [5.41, 5.74) is 9.17.